The molecule has 0 aromatic heterocycles. The number of halogens is 2. The molecule has 1 aliphatic rings. The number of rotatable bonds is 3. The van der Waals surface area contributed by atoms with Crippen molar-refractivity contribution in [3.05, 3.63) is 35.4 Å². The van der Waals surface area contributed by atoms with Gasteiger partial charge in [-0.3, -0.25) is 4.79 Å². The lowest BCUT2D eigenvalue weighted by atomic mass is 9.81. The molecule has 1 aromatic carbocycles. The second-order valence-electron chi connectivity index (χ2n) is 4.34. The van der Waals surface area contributed by atoms with Gasteiger partial charge in [0, 0.05) is 12.7 Å². The van der Waals surface area contributed by atoms with Gasteiger partial charge in [0.1, 0.15) is 11.6 Å². The van der Waals surface area contributed by atoms with E-state index in [0.29, 0.717) is 18.6 Å². The molecular weight excluding hydrogens is 230 g/mol. The third-order valence-corrected chi connectivity index (χ3v) is 3.02. The van der Waals surface area contributed by atoms with Gasteiger partial charge in [-0.2, -0.15) is 0 Å². The van der Waals surface area contributed by atoms with Crippen molar-refractivity contribution in [1.82, 2.24) is 0 Å². The molecule has 0 aliphatic carbocycles. The van der Waals surface area contributed by atoms with Gasteiger partial charge in [0.2, 0.25) is 0 Å². The molecule has 1 aliphatic heterocycles. The van der Waals surface area contributed by atoms with E-state index in [1.165, 1.54) is 0 Å². The predicted octanol–water partition coefficient (Wildman–Crippen LogP) is 2.00. The van der Waals surface area contributed by atoms with E-state index >= 15 is 0 Å². The molecule has 1 heterocycles. The number of carboxylic acids is 1. The van der Waals surface area contributed by atoms with Gasteiger partial charge in [0.25, 0.3) is 0 Å². The second kappa shape index (κ2) is 4.41. The summed E-state index contributed by atoms with van der Waals surface area (Å²) in [7, 11) is 0. The number of hydrogen-bond acceptors (Lipinski definition) is 2. The van der Waals surface area contributed by atoms with Crippen molar-refractivity contribution in [2.45, 2.75) is 12.8 Å². The minimum Gasteiger partial charge on any atom is -0.481 e. The first-order valence-corrected chi connectivity index (χ1v) is 5.28. The Morgan fingerprint density at radius 1 is 1.35 bits per heavy atom. The summed E-state index contributed by atoms with van der Waals surface area (Å²) < 4.78 is 31.1. The molecule has 1 saturated heterocycles. The Labute approximate surface area is 97.0 Å². The Balaban J connectivity index is 2.26. The Morgan fingerprint density at radius 3 is 2.47 bits per heavy atom. The van der Waals surface area contributed by atoms with Crippen LogP contribution in [0.25, 0.3) is 0 Å². The smallest absolute Gasteiger partial charge is 0.312 e. The predicted molar refractivity (Wildman–Crippen MR) is 55.6 cm³/mol. The molecule has 0 bridgehead atoms. The maximum absolute atomic E-state index is 13.0. The van der Waals surface area contributed by atoms with Crippen LogP contribution in [0.3, 0.4) is 0 Å². The van der Waals surface area contributed by atoms with E-state index in [0.717, 1.165) is 18.2 Å². The quantitative estimate of drug-likeness (QED) is 0.881. The summed E-state index contributed by atoms with van der Waals surface area (Å²) in [6, 6.07) is 3.08. The van der Waals surface area contributed by atoms with Crippen LogP contribution < -0.4 is 0 Å². The minimum atomic E-state index is -1.06. The van der Waals surface area contributed by atoms with Crippen molar-refractivity contribution < 1.29 is 23.4 Å². The molecule has 17 heavy (non-hydrogen) atoms. The molecule has 1 atom stereocenters. The molecule has 0 amide bonds. The molecule has 0 radical (unpaired) electrons. The zero-order valence-corrected chi connectivity index (χ0v) is 9.08. The first-order valence-electron chi connectivity index (χ1n) is 5.28. The van der Waals surface area contributed by atoms with E-state index in [-0.39, 0.29) is 13.0 Å². The maximum atomic E-state index is 13.0. The van der Waals surface area contributed by atoms with Crippen LogP contribution in [-0.4, -0.2) is 24.3 Å². The van der Waals surface area contributed by atoms with Crippen LogP contribution in [0.2, 0.25) is 0 Å². The van der Waals surface area contributed by atoms with Crippen LogP contribution >= 0.6 is 0 Å². The van der Waals surface area contributed by atoms with Gasteiger partial charge in [-0.05, 0) is 30.5 Å². The lowest BCUT2D eigenvalue weighted by Crippen LogP contribution is -2.33. The molecule has 1 fully saturated rings. The molecule has 2 rings (SSSR count). The van der Waals surface area contributed by atoms with Crippen LogP contribution in [0.1, 0.15) is 12.0 Å². The van der Waals surface area contributed by atoms with E-state index in [1.807, 2.05) is 0 Å². The molecule has 1 unspecified atom stereocenters. The third kappa shape index (κ3) is 2.44. The topological polar surface area (TPSA) is 46.5 Å². The second-order valence-corrected chi connectivity index (χ2v) is 4.34. The van der Waals surface area contributed by atoms with E-state index in [9.17, 15) is 18.7 Å². The lowest BCUT2D eigenvalue weighted by Gasteiger charge is -2.21. The van der Waals surface area contributed by atoms with Crippen molar-refractivity contribution in [2.75, 3.05) is 13.2 Å². The van der Waals surface area contributed by atoms with Crippen LogP contribution in [0, 0.1) is 17.0 Å². The van der Waals surface area contributed by atoms with Gasteiger partial charge in [-0.25, -0.2) is 8.78 Å². The Kier molecular flexibility index (Phi) is 3.11. The van der Waals surface area contributed by atoms with Crippen molar-refractivity contribution in [3.8, 4) is 0 Å². The summed E-state index contributed by atoms with van der Waals surface area (Å²) in [6.45, 7) is 0.449. The average molecular weight is 242 g/mol. The highest BCUT2D eigenvalue weighted by Crippen LogP contribution is 2.33. The molecule has 0 spiro atoms. The van der Waals surface area contributed by atoms with E-state index in [1.54, 1.807) is 0 Å². The molecular formula is C12H12F2O3. The monoisotopic (exact) mass is 242 g/mol. The first kappa shape index (κ1) is 12.0. The molecule has 0 saturated carbocycles. The summed E-state index contributed by atoms with van der Waals surface area (Å²) >= 11 is 0. The normalized spacial score (nSPS) is 23.9. The molecule has 3 nitrogen and oxygen atoms in total. The highest BCUT2D eigenvalue weighted by Gasteiger charge is 2.42. The lowest BCUT2D eigenvalue weighted by molar-refractivity contribution is -0.148. The zero-order valence-electron chi connectivity index (χ0n) is 9.08. The summed E-state index contributed by atoms with van der Waals surface area (Å²) in [5.41, 5.74) is -0.712. The standard InChI is InChI=1S/C12H12F2O3/c13-9-3-8(4-10(14)5-9)6-12(11(15)16)1-2-17-7-12/h3-5H,1-2,6-7H2,(H,15,16). The van der Waals surface area contributed by atoms with Crippen LogP contribution in [-0.2, 0) is 16.0 Å². The third-order valence-electron chi connectivity index (χ3n) is 3.02. The largest absolute Gasteiger partial charge is 0.481 e. The summed E-state index contributed by atoms with van der Waals surface area (Å²) in [6.07, 6.45) is 0.442. The Morgan fingerprint density at radius 2 is 2.00 bits per heavy atom. The summed E-state index contributed by atoms with van der Waals surface area (Å²) in [4.78, 5) is 11.2. The number of benzene rings is 1. The minimum absolute atomic E-state index is 0.0804. The first-order chi connectivity index (χ1) is 8.02. The van der Waals surface area contributed by atoms with Gasteiger partial charge in [-0.15, -0.1) is 0 Å². The Bertz CT molecular complexity index is 419. The van der Waals surface area contributed by atoms with Crippen molar-refractivity contribution in [3.63, 3.8) is 0 Å². The van der Waals surface area contributed by atoms with Crippen LogP contribution in [0.4, 0.5) is 8.78 Å². The highest BCUT2D eigenvalue weighted by molar-refractivity contribution is 5.75. The highest BCUT2D eigenvalue weighted by atomic mass is 19.1. The van der Waals surface area contributed by atoms with Crippen LogP contribution in [0.15, 0.2) is 18.2 Å². The van der Waals surface area contributed by atoms with Gasteiger partial charge in [0.05, 0.1) is 12.0 Å². The summed E-state index contributed by atoms with van der Waals surface area (Å²) in [5, 5.41) is 9.20. The number of ether oxygens (including phenoxy) is 1. The van der Waals surface area contributed by atoms with Gasteiger partial charge < -0.3 is 9.84 Å². The van der Waals surface area contributed by atoms with Crippen molar-refractivity contribution >= 4 is 5.97 Å². The number of carbonyl (C=O) groups is 1. The molecule has 1 N–H and O–H groups in total. The number of hydrogen-bond donors (Lipinski definition) is 1. The SMILES string of the molecule is O=C(O)C1(Cc2cc(F)cc(F)c2)CCOC1. The molecule has 5 heteroatoms. The van der Waals surface area contributed by atoms with Crippen molar-refractivity contribution in [2.24, 2.45) is 5.41 Å². The fraction of sp³-hybridized carbons (Fsp3) is 0.417. The molecule has 92 valence electrons. The maximum Gasteiger partial charge on any atom is 0.312 e. The number of carboxylic acid groups (broad SMARTS) is 1. The van der Waals surface area contributed by atoms with E-state index in [2.05, 4.69) is 0 Å². The summed E-state index contributed by atoms with van der Waals surface area (Å²) in [5.74, 6) is -2.38. The van der Waals surface area contributed by atoms with Gasteiger partial charge in [-0.1, -0.05) is 0 Å². The van der Waals surface area contributed by atoms with E-state index in [4.69, 9.17) is 4.74 Å². The van der Waals surface area contributed by atoms with Crippen molar-refractivity contribution in [1.29, 1.82) is 0 Å². The fourth-order valence-electron chi connectivity index (χ4n) is 2.09. The average Bonchev–Trinajstić information content (AvgIpc) is 2.65. The fourth-order valence-corrected chi connectivity index (χ4v) is 2.09. The van der Waals surface area contributed by atoms with Crippen LogP contribution in [0.5, 0.6) is 0 Å². The Hall–Kier alpha value is -1.49. The zero-order chi connectivity index (χ0) is 12.5. The molecule has 1 aromatic rings. The van der Waals surface area contributed by atoms with Gasteiger partial charge in [0.15, 0.2) is 0 Å². The number of aliphatic carboxylic acids is 1. The van der Waals surface area contributed by atoms with Gasteiger partial charge >= 0.3 is 5.97 Å². The van der Waals surface area contributed by atoms with E-state index < -0.39 is 23.0 Å².